The molecule has 346 valence electrons. The number of amides is 4. The van der Waals surface area contributed by atoms with Gasteiger partial charge in [-0.05, 0) is 121 Å². The van der Waals surface area contributed by atoms with E-state index in [1.807, 2.05) is 24.3 Å². The predicted molar refractivity (Wildman–Crippen MR) is 240 cm³/mol. The first kappa shape index (κ1) is 44.5. The number of carbonyl (C=O) groups is 4. The van der Waals surface area contributed by atoms with Crippen LogP contribution in [0.4, 0.5) is 4.79 Å². The van der Waals surface area contributed by atoms with Gasteiger partial charge in [-0.1, -0.05) is 49.6 Å². The smallest absolute Gasteiger partial charge is 0.408 e. The van der Waals surface area contributed by atoms with E-state index in [1.54, 1.807) is 0 Å². The second-order valence-electron chi connectivity index (χ2n) is 19.2. The quantitative estimate of drug-likeness (QED) is 0.243. The molecule has 0 radical (unpaired) electrons. The van der Waals surface area contributed by atoms with E-state index in [4.69, 9.17) is 19.2 Å². The molecule has 4 heterocycles. The molecular weight excluding hydrogens is 837 g/mol. The molecule has 2 bridgehead atoms. The molecule has 1 aromatic carbocycles. The van der Waals surface area contributed by atoms with Crippen LogP contribution in [-0.2, 0) is 35.6 Å². The molecule has 4 saturated carbocycles. The van der Waals surface area contributed by atoms with E-state index in [0.717, 1.165) is 88.4 Å². The van der Waals surface area contributed by atoms with Crippen molar-refractivity contribution in [3.8, 4) is 11.6 Å². The molecule has 1 unspecified atom stereocenters. The number of nitrogens with zero attached hydrogens (tertiary/aromatic N) is 3. The minimum Gasteiger partial charge on any atom is -0.491 e. The maximum Gasteiger partial charge on any atom is 0.408 e. The number of hydrogen-bond donors (Lipinski definition) is 3. The van der Waals surface area contributed by atoms with E-state index in [2.05, 4.69) is 39.0 Å². The van der Waals surface area contributed by atoms with Crippen molar-refractivity contribution in [2.75, 3.05) is 32.8 Å². The van der Waals surface area contributed by atoms with Gasteiger partial charge in [0.1, 0.15) is 42.2 Å². The second-order valence-corrected chi connectivity index (χ2v) is 21.2. The molecular formula is C48H64N6O9S. The molecule has 7 atom stereocenters. The number of hydrogen-bond acceptors (Lipinski definition) is 11. The first-order chi connectivity index (χ1) is 31.0. The molecule has 3 N–H and O–H groups in total. The number of alkyl carbamates (subject to hydrolysis) is 1. The van der Waals surface area contributed by atoms with Crippen molar-refractivity contribution < 1.29 is 41.8 Å². The highest BCUT2D eigenvalue weighted by atomic mass is 32.2. The van der Waals surface area contributed by atoms with Crippen molar-refractivity contribution in [2.45, 2.75) is 144 Å². The largest absolute Gasteiger partial charge is 0.491 e. The number of sulfonamides is 1. The fraction of sp³-hybridized carbons (Fsp3) is 0.646. The Labute approximate surface area is 376 Å². The molecule has 2 aromatic rings. The van der Waals surface area contributed by atoms with Crippen LogP contribution in [0.5, 0.6) is 11.6 Å². The van der Waals surface area contributed by atoms with Crippen molar-refractivity contribution in [3.63, 3.8) is 0 Å². The van der Waals surface area contributed by atoms with Crippen molar-refractivity contribution in [3.05, 3.63) is 54.6 Å². The summed E-state index contributed by atoms with van der Waals surface area (Å²) in [5.41, 5.74) is -0.0844. The summed E-state index contributed by atoms with van der Waals surface area (Å²) in [7, 11) is -3.91. The van der Waals surface area contributed by atoms with Crippen LogP contribution in [0.1, 0.15) is 108 Å². The molecule has 16 heteroatoms. The minimum absolute atomic E-state index is 0.00333. The average Bonchev–Trinajstić information content (AvgIpc) is 4.08. The molecule has 9 rings (SSSR count). The lowest BCUT2D eigenvalue weighted by molar-refractivity contribution is -0.142. The summed E-state index contributed by atoms with van der Waals surface area (Å²) >= 11 is 0. The van der Waals surface area contributed by atoms with Crippen LogP contribution in [0.15, 0.2) is 49.1 Å². The highest BCUT2D eigenvalue weighted by Crippen LogP contribution is 2.46. The summed E-state index contributed by atoms with van der Waals surface area (Å²) in [6.45, 7) is 7.22. The highest BCUT2D eigenvalue weighted by Gasteiger charge is 2.62. The first-order valence-corrected chi connectivity index (χ1v) is 25.4. The lowest BCUT2D eigenvalue weighted by Crippen LogP contribution is -2.59. The summed E-state index contributed by atoms with van der Waals surface area (Å²) in [6.07, 6.45) is 17.0. The molecule has 4 amide bonds. The summed E-state index contributed by atoms with van der Waals surface area (Å²) < 4.78 is 47.8. The molecule has 64 heavy (non-hydrogen) atoms. The molecule has 2 saturated heterocycles. The van der Waals surface area contributed by atoms with Crippen LogP contribution in [0, 0.1) is 17.8 Å². The van der Waals surface area contributed by atoms with Crippen molar-refractivity contribution in [2.24, 2.45) is 17.8 Å². The Morgan fingerprint density at radius 3 is 2.50 bits per heavy atom. The number of nitrogens with one attached hydrogen (secondary N) is 3. The van der Waals surface area contributed by atoms with Crippen LogP contribution in [0.2, 0.25) is 0 Å². The van der Waals surface area contributed by atoms with Crippen LogP contribution >= 0.6 is 0 Å². The molecule has 1 aromatic heterocycles. The first-order valence-electron chi connectivity index (χ1n) is 23.9. The maximum atomic E-state index is 15.1. The van der Waals surface area contributed by atoms with E-state index < -0.39 is 68.7 Å². The number of aromatic nitrogens is 1. The number of para-hydroxylation sites is 1. The number of allylic oxidation sites excluding steroid dienone is 2. The number of piperidine rings is 1. The third-order valence-corrected chi connectivity index (χ3v) is 16.7. The zero-order valence-electron chi connectivity index (χ0n) is 36.8. The van der Waals surface area contributed by atoms with Gasteiger partial charge in [0.2, 0.25) is 27.7 Å². The summed E-state index contributed by atoms with van der Waals surface area (Å²) in [5, 5.41) is 6.10. The normalized spacial score (nSPS) is 31.0. The zero-order valence-corrected chi connectivity index (χ0v) is 37.7. The van der Waals surface area contributed by atoms with Gasteiger partial charge in [-0.3, -0.25) is 24.0 Å². The molecule has 0 spiro atoms. The van der Waals surface area contributed by atoms with Crippen molar-refractivity contribution in [1.29, 1.82) is 0 Å². The lowest BCUT2D eigenvalue weighted by Gasteiger charge is -2.32. The van der Waals surface area contributed by atoms with Crippen LogP contribution in [-0.4, -0.2) is 115 Å². The summed E-state index contributed by atoms with van der Waals surface area (Å²) in [5.74, 6) is -1.31. The van der Waals surface area contributed by atoms with Gasteiger partial charge in [-0.15, -0.1) is 6.58 Å². The number of pyridine rings is 1. The molecule has 15 nitrogen and oxygen atoms in total. The Balaban J connectivity index is 1.06. The third kappa shape index (κ3) is 9.63. The maximum absolute atomic E-state index is 15.1. The zero-order chi connectivity index (χ0) is 44.4. The number of likely N-dealkylation sites (tertiary alicyclic amines) is 1. The van der Waals surface area contributed by atoms with Crippen molar-refractivity contribution in [1.82, 2.24) is 30.1 Å². The fourth-order valence-electron chi connectivity index (χ4n) is 10.9. The number of fused-ring (bicyclic) bond motifs is 5. The van der Waals surface area contributed by atoms with E-state index in [1.165, 1.54) is 30.2 Å². The topological polar surface area (TPSA) is 186 Å². The van der Waals surface area contributed by atoms with Gasteiger partial charge in [0.05, 0.1) is 22.9 Å². The standard InChI is InChI=1S/C48H64N6O9S/c1-2-33-29-48(33,46(57)52-64(59,60)35-22-23-35)51-43(55)39-28-34-30-54(39)45(56)41(32-15-7-8-16-32)50-47(58)63-40-21-13-17-31(40)14-5-3-6-19-37-42(61-27-26-53-24-11-4-12-25-53)36-18-9-10-20-38(36)49-44(37)62-34/h2-3,6,9-10,18,20,31-35,39-41H,1,4-5,7-8,11-17,19,21-30H2,(H,50,58)(H,51,55)(H,52,57)/b6-3+/t31-,33?,34-,39+,40-,41+,48-/m1/s1. The van der Waals surface area contributed by atoms with E-state index in [0.29, 0.717) is 43.0 Å². The van der Waals surface area contributed by atoms with Gasteiger partial charge in [0, 0.05) is 24.3 Å². The number of carbonyl (C=O) groups excluding carboxylic acids is 4. The Morgan fingerprint density at radius 1 is 0.953 bits per heavy atom. The van der Waals surface area contributed by atoms with Gasteiger partial charge in [0.25, 0.3) is 5.91 Å². The third-order valence-electron chi connectivity index (χ3n) is 14.8. The van der Waals surface area contributed by atoms with Crippen LogP contribution in [0.25, 0.3) is 10.9 Å². The monoisotopic (exact) mass is 900 g/mol. The Morgan fingerprint density at radius 2 is 1.73 bits per heavy atom. The Bertz CT molecular complexity index is 2240. The molecule has 4 aliphatic carbocycles. The SMILES string of the molecule is C=CC1C[C@]1(NC(=O)[C@@H]1C[C@@H]2CN1C(=O)[C@H](C1CCCC1)NC(=O)O[C@@H]1CCC[C@H]1CC/C=C/Cc1c(nc3ccccc3c1OCCN1CCCCC1)O2)C(=O)NS(=O)(=O)C1CC1. The van der Waals surface area contributed by atoms with Gasteiger partial charge in [-0.25, -0.2) is 18.2 Å². The van der Waals surface area contributed by atoms with E-state index >= 15 is 4.79 Å². The molecule has 3 aliphatic heterocycles. The predicted octanol–water partition coefficient (Wildman–Crippen LogP) is 5.46. The number of benzene rings is 1. The highest BCUT2D eigenvalue weighted by molar-refractivity contribution is 7.91. The average molecular weight is 901 g/mol. The second kappa shape index (κ2) is 19.0. The van der Waals surface area contributed by atoms with Crippen LogP contribution in [0.3, 0.4) is 0 Å². The lowest BCUT2D eigenvalue weighted by atomic mass is 9.96. The Hall–Kier alpha value is -4.70. The van der Waals surface area contributed by atoms with Gasteiger partial charge < -0.3 is 29.7 Å². The van der Waals surface area contributed by atoms with E-state index in [9.17, 15) is 22.8 Å². The van der Waals surface area contributed by atoms with E-state index in [-0.39, 0.29) is 37.3 Å². The van der Waals surface area contributed by atoms with Crippen molar-refractivity contribution >= 4 is 44.7 Å². The van der Waals surface area contributed by atoms with Gasteiger partial charge >= 0.3 is 6.09 Å². The Kier molecular flexibility index (Phi) is 13.2. The molecule has 6 fully saturated rings. The van der Waals surface area contributed by atoms with Crippen LogP contribution < -0.4 is 24.8 Å². The van der Waals surface area contributed by atoms with Gasteiger partial charge in [-0.2, -0.15) is 0 Å². The fourth-order valence-corrected chi connectivity index (χ4v) is 12.3. The summed E-state index contributed by atoms with van der Waals surface area (Å²) in [6, 6.07) is 5.75. The minimum atomic E-state index is -3.91. The number of rotatable bonds is 11. The van der Waals surface area contributed by atoms with Gasteiger partial charge in [0.15, 0.2) is 0 Å². The number of ether oxygens (including phenoxy) is 3. The summed E-state index contributed by atoms with van der Waals surface area (Å²) in [4.78, 5) is 66.3. The molecule has 7 aliphatic rings.